The van der Waals surface area contributed by atoms with Gasteiger partial charge in [0.05, 0.1) is 12.7 Å². The summed E-state index contributed by atoms with van der Waals surface area (Å²) >= 11 is 1.60. The standard InChI is InChI=1S/C9H16O3S/c10-5-8(12)6-13-9-3-1-2-7(11)4-9/h8-10,12H,1-6H2. The van der Waals surface area contributed by atoms with Crippen molar-refractivity contribution in [2.75, 3.05) is 12.4 Å². The third-order valence-electron chi connectivity index (χ3n) is 2.17. The molecule has 1 rings (SSSR count). The number of hydrogen-bond donors (Lipinski definition) is 2. The summed E-state index contributed by atoms with van der Waals surface area (Å²) < 4.78 is 0. The SMILES string of the molecule is O=C1CCCC(SCC(O)CO)C1. The van der Waals surface area contributed by atoms with Gasteiger partial charge in [0.1, 0.15) is 5.78 Å². The molecular formula is C9H16O3S. The van der Waals surface area contributed by atoms with Crippen LogP contribution in [-0.4, -0.2) is 39.7 Å². The summed E-state index contributed by atoms with van der Waals surface area (Å²) in [5, 5.41) is 18.0. The summed E-state index contributed by atoms with van der Waals surface area (Å²) in [6.07, 6.45) is 2.77. The van der Waals surface area contributed by atoms with E-state index in [1.54, 1.807) is 11.8 Å². The number of aliphatic hydroxyl groups excluding tert-OH is 2. The molecule has 4 heteroatoms. The Morgan fingerprint density at radius 1 is 1.62 bits per heavy atom. The molecule has 0 spiro atoms. The van der Waals surface area contributed by atoms with E-state index in [-0.39, 0.29) is 6.61 Å². The maximum Gasteiger partial charge on any atom is 0.134 e. The Bertz CT molecular complexity index is 172. The molecule has 1 aliphatic carbocycles. The van der Waals surface area contributed by atoms with Crippen LogP contribution in [-0.2, 0) is 4.79 Å². The molecule has 76 valence electrons. The number of thioether (sulfide) groups is 1. The first-order chi connectivity index (χ1) is 6.22. The van der Waals surface area contributed by atoms with Gasteiger partial charge in [-0.3, -0.25) is 4.79 Å². The van der Waals surface area contributed by atoms with Gasteiger partial charge in [-0.05, 0) is 12.8 Å². The summed E-state index contributed by atoms with van der Waals surface area (Å²) in [6, 6.07) is 0. The molecule has 1 aliphatic rings. The van der Waals surface area contributed by atoms with Crippen molar-refractivity contribution in [3.63, 3.8) is 0 Å². The highest BCUT2D eigenvalue weighted by molar-refractivity contribution is 7.99. The quantitative estimate of drug-likeness (QED) is 0.703. The zero-order chi connectivity index (χ0) is 9.68. The fraction of sp³-hybridized carbons (Fsp3) is 0.889. The molecule has 0 aromatic heterocycles. The van der Waals surface area contributed by atoms with Crippen molar-refractivity contribution in [2.24, 2.45) is 0 Å². The first-order valence-electron chi connectivity index (χ1n) is 4.64. The maximum absolute atomic E-state index is 11.1. The van der Waals surface area contributed by atoms with Crippen LogP contribution in [0.3, 0.4) is 0 Å². The second-order valence-electron chi connectivity index (χ2n) is 3.43. The zero-order valence-corrected chi connectivity index (χ0v) is 8.42. The fourth-order valence-corrected chi connectivity index (χ4v) is 2.66. The van der Waals surface area contributed by atoms with Crippen molar-refractivity contribution in [1.82, 2.24) is 0 Å². The van der Waals surface area contributed by atoms with Crippen LogP contribution in [0.1, 0.15) is 25.7 Å². The molecule has 0 aliphatic heterocycles. The lowest BCUT2D eigenvalue weighted by atomic mass is 9.99. The van der Waals surface area contributed by atoms with E-state index in [2.05, 4.69) is 0 Å². The molecule has 13 heavy (non-hydrogen) atoms. The number of carbonyl (C=O) groups excluding carboxylic acids is 1. The highest BCUT2D eigenvalue weighted by atomic mass is 32.2. The normalized spacial score (nSPS) is 26.0. The molecule has 0 aromatic carbocycles. The number of hydrogen-bond acceptors (Lipinski definition) is 4. The van der Waals surface area contributed by atoms with E-state index in [1.807, 2.05) is 0 Å². The van der Waals surface area contributed by atoms with E-state index >= 15 is 0 Å². The van der Waals surface area contributed by atoms with Crippen molar-refractivity contribution in [2.45, 2.75) is 37.0 Å². The highest BCUT2D eigenvalue weighted by Gasteiger charge is 2.20. The van der Waals surface area contributed by atoms with Crippen molar-refractivity contribution < 1.29 is 15.0 Å². The second kappa shape index (κ2) is 5.62. The molecule has 2 atom stereocenters. The fourth-order valence-electron chi connectivity index (χ4n) is 1.43. The molecule has 1 saturated carbocycles. The van der Waals surface area contributed by atoms with Crippen LogP contribution in [0, 0.1) is 0 Å². The van der Waals surface area contributed by atoms with Crippen LogP contribution < -0.4 is 0 Å². The molecule has 3 nitrogen and oxygen atoms in total. The third-order valence-corrected chi connectivity index (χ3v) is 3.62. The number of aliphatic hydroxyl groups is 2. The molecule has 0 radical (unpaired) electrons. The van der Waals surface area contributed by atoms with Gasteiger partial charge in [-0.25, -0.2) is 0 Å². The predicted molar refractivity (Wildman–Crippen MR) is 52.8 cm³/mol. The van der Waals surface area contributed by atoms with E-state index in [9.17, 15) is 4.79 Å². The molecule has 2 N–H and O–H groups in total. The largest absolute Gasteiger partial charge is 0.394 e. The Hall–Kier alpha value is -0.0600. The molecule has 0 aromatic rings. The van der Waals surface area contributed by atoms with Crippen LogP contribution in [0.15, 0.2) is 0 Å². The lowest BCUT2D eigenvalue weighted by Gasteiger charge is -2.20. The van der Waals surface area contributed by atoms with Gasteiger partial charge in [0.2, 0.25) is 0 Å². The summed E-state index contributed by atoms with van der Waals surface area (Å²) in [4.78, 5) is 11.1. The second-order valence-corrected chi connectivity index (χ2v) is 4.76. The van der Waals surface area contributed by atoms with Crippen molar-refractivity contribution in [1.29, 1.82) is 0 Å². The Labute approximate surface area is 82.5 Å². The monoisotopic (exact) mass is 204 g/mol. The summed E-state index contributed by atoms with van der Waals surface area (Å²) in [7, 11) is 0. The van der Waals surface area contributed by atoms with E-state index in [1.165, 1.54) is 0 Å². The lowest BCUT2D eigenvalue weighted by Crippen LogP contribution is -2.21. The van der Waals surface area contributed by atoms with Gasteiger partial charge >= 0.3 is 0 Å². The van der Waals surface area contributed by atoms with E-state index < -0.39 is 6.10 Å². The van der Waals surface area contributed by atoms with Crippen LogP contribution >= 0.6 is 11.8 Å². The van der Waals surface area contributed by atoms with Gasteiger partial charge in [-0.1, -0.05) is 0 Å². The van der Waals surface area contributed by atoms with Gasteiger partial charge in [0.15, 0.2) is 0 Å². The third kappa shape index (κ3) is 4.11. The summed E-state index contributed by atoms with van der Waals surface area (Å²) in [5.41, 5.74) is 0. The smallest absolute Gasteiger partial charge is 0.134 e. The molecule has 0 bridgehead atoms. The molecule has 0 amide bonds. The van der Waals surface area contributed by atoms with Gasteiger partial charge in [-0.2, -0.15) is 11.8 Å². The Morgan fingerprint density at radius 2 is 2.38 bits per heavy atom. The van der Waals surface area contributed by atoms with E-state index in [0.29, 0.717) is 23.2 Å². The Balaban J connectivity index is 2.17. The van der Waals surface area contributed by atoms with Crippen LogP contribution in [0.4, 0.5) is 0 Å². The van der Waals surface area contributed by atoms with E-state index in [0.717, 1.165) is 19.3 Å². The first kappa shape index (κ1) is 11.0. The topological polar surface area (TPSA) is 57.5 Å². The number of ketones is 1. The van der Waals surface area contributed by atoms with Gasteiger partial charge < -0.3 is 10.2 Å². The first-order valence-corrected chi connectivity index (χ1v) is 5.69. The van der Waals surface area contributed by atoms with E-state index in [4.69, 9.17) is 10.2 Å². The van der Waals surface area contributed by atoms with Gasteiger partial charge in [0, 0.05) is 23.8 Å². The minimum Gasteiger partial charge on any atom is -0.394 e. The zero-order valence-electron chi connectivity index (χ0n) is 7.61. The molecule has 0 saturated heterocycles. The average Bonchev–Trinajstić information content (AvgIpc) is 2.14. The lowest BCUT2D eigenvalue weighted by molar-refractivity contribution is -0.120. The van der Waals surface area contributed by atoms with Crippen LogP contribution in [0.25, 0.3) is 0 Å². The summed E-state index contributed by atoms with van der Waals surface area (Å²) in [6.45, 7) is -0.187. The Kier molecular flexibility index (Phi) is 4.77. The van der Waals surface area contributed by atoms with Crippen molar-refractivity contribution in [3.05, 3.63) is 0 Å². The number of carbonyl (C=O) groups is 1. The summed E-state index contributed by atoms with van der Waals surface area (Å²) in [5.74, 6) is 0.872. The Morgan fingerprint density at radius 3 is 3.00 bits per heavy atom. The minimum absolute atomic E-state index is 0.187. The number of rotatable bonds is 4. The number of Topliss-reactive ketones (excluding diaryl/α,β-unsaturated/α-hetero) is 1. The minimum atomic E-state index is -0.637. The van der Waals surface area contributed by atoms with Gasteiger partial charge in [0.25, 0.3) is 0 Å². The molecule has 0 heterocycles. The molecule has 1 fully saturated rings. The highest BCUT2D eigenvalue weighted by Crippen LogP contribution is 2.26. The molecule has 2 unspecified atom stereocenters. The van der Waals surface area contributed by atoms with Gasteiger partial charge in [-0.15, -0.1) is 0 Å². The van der Waals surface area contributed by atoms with Crippen molar-refractivity contribution in [3.8, 4) is 0 Å². The maximum atomic E-state index is 11.1. The molecular weight excluding hydrogens is 188 g/mol. The predicted octanol–water partition coefficient (Wildman–Crippen LogP) is 0.585. The van der Waals surface area contributed by atoms with Crippen molar-refractivity contribution >= 4 is 17.5 Å². The van der Waals surface area contributed by atoms with Crippen LogP contribution in [0.5, 0.6) is 0 Å². The van der Waals surface area contributed by atoms with Crippen LogP contribution in [0.2, 0.25) is 0 Å². The average molecular weight is 204 g/mol.